The van der Waals surface area contributed by atoms with Crippen molar-refractivity contribution >= 4 is 45.0 Å². The quantitative estimate of drug-likeness (QED) is 0.662. The molecule has 0 aliphatic heterocycles. The first kappa shape index (κ1) is 14.8. The Hall–Kier alpha value is -1.12. The number of fused-ring (bicyclic) bond motifs is 1. The maximum Gasteiger partial charge on any atom is 0.419 e. The summed E-state index contributed by atoms with van der Waals surface area (Å²) in [6, 6.07) is 7.64. The van der Waals surface area contributed by atoms with Crippen molar-refractivity contribution in [1.82, 2.24) is 4.57 Å². The molecule has 2 aromatic heterocycles. The van der Waals surface area contributed by atoms with Gasteiger partial charge in [-0.2, -0.15) is 0 Å². The van der Waals surface area contributed by atoms with Crippen molar-refractivity contribution in [2.45, 2.75) is 25.9 Å². The number of oxazole rings is 1. The lowest BCUT2D eigenvalue weighted by Crippen LogP contribution is -2.13. The van der Waals surface area contributed by atoms with Crippen LogP contribution in [0.2, 0.25) is 0 Å². The summed E-state index contributed by atoms with van der Waals surface area (Å²) in [7, 11) is 0. The SMILES string of the molecule is CCCn1c(=O)oc2cc(C(N)c3csc(I)c3)ccc21. The zero-order valence-electron chi connectivity index (χ0n) is 11.5. The largest absolute Gasteiger partial charge is 0.419 e. The number of nitrogens with zero attached hydrogens (tertiary/aromatic N) is 1. The van der Waals surface area contributed by atoms with Crippen molar-refractivity contribution in [1.29, 1.82) is 0 Å². The minimum Gasteiger partial charge on any atom is -0.408 e. The van der Waals surface area contributed by atoms with Gasteiger partial charge in [0.1, 0.15) is 0 Å². The lowest BCUT2D eigenvalue weighted by Gasteiger charge is -2.10. The van der Waals surface area contributed by atoms with E-state index in [-0.39, 0.29) is 11.8 Å². The molecule has 1 aromatic carbocycles. The topological polar surface area (TPSA) is 61.2 Å². The Kier molecular flexibility index (Phi) is 4.19. The maximum absolute atomic E-state index is 11.8. The maximum atomic E-state index is 11.8. The van der Waals surface area contributed by atoms with Crippen LogP contribution in [0.25, 0.3) is 11.1 Å². The number of aromatic nitrogens is 1. The molecule has 3 rings (SSSR count). The van der Waals surface area contributed by atoms with E-state index in [1.165, 1.54) is 2.88 Å². The molecule has 6 heteroatoms. The van der Waals surface area contributed by atoms with E-state index in [0.29, 0.717) is 12.1 Å². The standard InChI is InChI=1S/C15H15IN2O2S/c1-2-5-18-11-4-3-9(6-12(11)20-15(18)19)14(17)10-7-13(16)21-8-10/h3-4,6-8,14H,2,5,17H2,1H3. The normalized spacial score (nSPS) is 12.9. The van der Waals surface area contributed by atoms with Crippen LogP contribution >= 0.6 is 33.9 Å². The van der Waals surface area contributed by atoms with Crippen LogP contribution in [0.3, 0.4) is 0 Å². The summed E-state index contributed by atoms with van der Waals surface area (Å²) in [5, 5.41) is 2.06. The van der Waals surface area contributed by atoms with Crippen LogP contribution in [0.15, 0.2) is 38.9 Å². The minimum absolute atomic E-state index is 0.200. The van der Waals surface area contributed by atoms with Gasteiger partial charge in [0.15, 0.2) is 5.58 Å². The van der Waals surface area contributed by atoms with Crippen LogP contribution in [0.1, 0.15) is 30.5 Å². The van der Waals surface area contributed by atoms with E-state index in [1.54, 1.807) is 15.9 Å². The molecule has 0 saturated carbocycles. The van der Waals surface area contributed by atoms with Gasteiger partial charge >= 0.3 is 5.76 Å². The molecule has 0 spiro atoms. The molecule has 0 radical (unpaired) electrons. The molecule has 0 fully saturated rings. The van der Waals surface area contributed by atoms with Gasteiger partial charge in [-0.25, -0.2) is 4.79 Å². The van der Waals surface area contributed by atoms with Crippen molar-refractivity contribution in [2.24, 2.45) is 5.73 Å². The Balaban J connectivity index is 2.03. The van der Waals surface area contributed by atoms with Crippen molar-refractivity contribution in [3.8, 4) is 0 Å². The number of rotatable bonds is 4. The molecule has 3 aromatic rings. The van der Waals surface area contributed by atoms with E-state index in [9.17, 15) is 4.79 Å². The highest BCUT2D eigenvalue weighted by molar-refractivity contribution is 14.1. The Morgan fingerprint density at radius 2 is 2.19 bits per heavy atom. The van der Waals surface area contributed by atoms with Gasteiger partial charge in [-0.1, -0.05) is 13.0 Å². The summed E-state index contributed by atoms with van der Waals surface area (Å²) < 4.78 is 8.21. The van der Waals surface area contributed by atoms with E-state index in [0.717, 1.165) is 23.1 Å². The smallest absolute Gasteiger partial charge is 0.408 e. The molecule has 1 unspecified atom stereocenters. The van der Waals surface area contributed by atoms with Gasteiger partial charge < -0.3 is 10.2 Å². The number of benzene rings is 1. The summed E-state index contributed by atoms with van der Waals surface area (Å²) in [6.07, 6.45) is 0.892. The van der Waals surface area contributed by atoms with Gasteiger partial charge in [-0.3, -0.25) is 4.57 Å². The first-order chi connectivity index (χ1) is 10.1. The molecule has 0 bridgehead atoms. The van der Waals surface area contributed by atoms with Crippen LogP contribution < -0.4 is 11.5 Å². The average Bonchev–Trinajstić information content (AvgIpc) is 3.02. The molecule has 110 valence electrons. The fourth-order valence-corrected chi connectivity index (χ4v) is 3.80. The Labute approximate surface area is 139 Å². The van der Waals surface area contributed by atoms with Crippen molar-refractivity contribution in [3.63, 3.8) is 0 Å². The zero-order valence-corrected chi connectivity index (χ0v) is 14.5. The summed E-state index contributed by atoms with van der Waals surface area (Å²) >= 11 is 3.96. The predicted octanol–water partition coefficient (Wildman–Crippen LogP) is 3.72. The van der Waals surface area contributed by atoms with Crippen molar-refractivity contribution in [2.75, 3.05) is 0 Å². The van der Waals surface area contributed by atoms with Crippen molar-refractivity contribution < 1.29 is 4.42 Å². The van der Waals surface area contributed by atoms with E-state index in [1.807, 2.05) is 25.1 Å². The molecular weight excluding hydrogens is 399 g/mol. The predicted molar refractivity (Wildman–Crippen MR) is 93.8 cm³/mol. The average molecular weight is 414 g/mol. The second-order valence-electron chi connectivity index (χ2n) is 4.91. The van der Waals surface area contributed by atoms with Gasteiger partial charge in [0.05, 0.1) is 14.4 Å². The second-order valence-corrected chi connectivity index (χ2v) is 7.71. The van der Waals surface area contributed by atoms with E-state index >= 15 is 0 Å². The molecular formula is C15H15IN2O2S. The third kappa shape index (κ3) is 2.79. The highest BCUT2D eigenvalue weighted by Crippen LogP contribution is 2.27. The van der Waals surface area contributed by atoms with Crippen LogP contribution in [-0.4, -0.2) is 4.57 Å². The summed E-state index contributed by atoms with van der Waals surface area (Å²) in [5.41, 5.74) is 9.77. The molecule has 0 saturated heterocycles. The van der Waals surface area contributed by atoms with Gasteiger partial charge in [0, 0.05) is 6.54 Å². The molecule has 2 N–H and O–H groups in total. The number of hydrogen-bond donors (Lipinski definition) is 1. The van der Waals surface area contributed by atoms with Gasteiger partial charge in [-0.05, 0) is 63.7 Å². The Bertz CT molecular complexity index is 834. The fourth-order valence-electron chi connectivity index (χ4n) is 2.39. The van der Waals surface area contributed by atoms with E-state index < -0.39 is 0 Å². The number of thiophene rings is 1. The molecule has 2 heterocycles. The van der Waals surface area contributed by atoms with Crippen LogP contribution in [0.4, 0.5) is 0 Å². The van der Waals surface area contributed by atoms with Gasteiger partial charge in [0.2, 0.25) is 0 Å². The Morgan fingerprint density at radius 3 is 2.86 bits per heavy atom. The zero-order chi connectivity index (χ0) is 15.0. The number of nitrogens with two attached hydrogens (primary N) is 1. The third-order valence-electron chi connectivity index (χ3n) is 3.45. The van der Waals surface area contributed by atoms with Gasteiger partial charge in [0.25, 0.3) is 0 Å². The number of halogens is 1. The van der Waals surface area contributed by atoms with E-state index in [2.05, 4.69) is 34.0 Å². The van der Waals surface area contributed by atoms with Crippen LogP contribution in [0.5, 0.6) is 0 Å². The van der Waals surface area contributed by atoms with Crippen molar-refractivity contribution in [3.05, 3.63) is 54.2 Å². The number of hydrogen-bond acceptors (Lipinski definition) is 4. The number of aryl methyl sites for hydroxylation is 1. The third-order valence-corrected chi connectivity index (χ3v) is 5.25. The molecule has 0 amide bonds. The molecule has 1 atom stereocenters. The lowest BCUT2D eigenvalue weighted by atomic mass is 10.0. The van der Waals surface area contributed by atoms with Gasteiger partial charge in [-0.15, -0.1) is 11.3 Å². The molecule has 0 aliphatic carbocycles. The lowest BCUT2D eigenvalue weighted by molar-refractivity contribution is 0.502. The summed E-state index contributed by atoms with van der Waals surface area (Å²) in [6.45, 7) is 2.70. The van der Waals surface area contributed by atoms with Crippen LogP contribution in [0, 0.1) is 2.88 Å². The Morgan fingerprint density at radius 1 is 1.38 bits per heavy atom. The van der Waals surface area contributed by atoms with Crippen LogP contribution in [-0.2, 0) is 6.54 Å². The fraction of sp³-hybridized carbons (Fsp3) is 0.267. The monoisotopic (exact) mass is 414 g/mol. The summed E-state index contributed by atoms with van der Waals surface area (Å²) in [5.74, 6) is -0.303. The molecule has 4 nitrogen and oxygen atoms in total. The highest BCUT2D eigenvalue weighted by Gasteiger charge is 2.14. The molecule has 0 aliphatic rings. The first-order valence-corrected chi connectivity index (χ1v) is 8.68. The highest BCUT2D eigenvalue weighted by atomic mass is 127. The second kappa shape index (κ2) is 5.94. The minimum atomic E-state index is -0.303. The molecule has 21 heavy (non-hydrogen) atoms. The first-order valence-electron chi connectivity index (χ1n) is 6.73. The van der Waals surface area contributed by atoms with E-state index in [4.69, 9.17) is 10.2 Å². The summed E-state index contributed by atoms with van der Waals surface area (Å²) in [4.78, 5) is 11.8.